The van der Waals surface area contributed by atoms with Crippen molar-refractivity contribution in [3.05, 3.63) is 0 Å². The molecule has 1 amide bonds. The van der Waals surface area contributed by atoms with Crippen molar-refractivity contribution in [2.45, 2.75) is 44.4 Å². The van der Waals surface area contributed by atoms with Gasteiger partial charge in [-0.05, 0) is 24.5 Å². The summed E-state index contributed by atoms with van der Waals surface area (Å²) in [5.74, 6) is -0.530. The average Bonchev–Trinajstić information content (AvgIpc) is 2.63. The Balaban J connectivity index is 2.23. The highest BCUT2D eigenvalue weighted by Crippen LogP contribution is 2.25. The number of carbonyl (C=O) groups is 2. The van der Waals surface area contributed by atoms with Gasteiger partial charge in [0.15, 0.2) is 0 Å². The number of hydrogen-bond acceptors (Lipinski definition) is 3. The molecule has 0 radical (unpaired) electrons. The van der Waals surface area contributed by atoms with Crippen molar-refractivity contribution < 1.29 is 14.7 Å². The van der Waals surface area contributed by atoms with Crippen LogP contribution >= 0.6 is 11.8 Å². The summed E-state index contributed by atoms with van der Waals surface area (Å²) in [5, 5.41) is 12.2. The molecule has 92 valence electrons. The largest absolute Gasteiger partial charge is 0.481 e. The van der Waals surface area contributed by atoms with Crippen LogP contribution in [0.15, 0.2) is 0 Å². The van der Waals surface area contributed by atoms with Gasteiger partial charge in [0.1, 0.15) is 0 Å². The van der Waals surface area contributed by atoms with E-state index in [1.54, 1.807) is 11.8 Å². The lowest BCUT2D eigenvalue weighted by Gasteiger charge is -2.12. The molecule has 0 aromatic heterocycles. The first-order chi connectivity index (χ1) is 7.49. The van der Waals surface area contributed by atoms with E-state index in [0.717, 1.165) is 6.42 Å². The molecule has 0 aromatic rings. The molecule has 5 heteroatoms. The monoisotopic (exact) mass is 245 g/mol. The lowest BCUT2D eigenvalue weighted by molar-refractivity contribution is -0.141. The number of carboxylic acids is 1. The van der Waals surface area contributed by atoms with Crippen LogP contribution in [0.3, 0.4) is 0 Å². The van der Waals surface area contributed by atoms with E-state index in [-0.39, 0.29) is 17.9 Å². The van der Waals surface area contributed by atoms with Crippen molar-refractivity contribution in [3.63, 3.8) is 0 Å². The van der Waals surface area contributed by atoms with Crippen molar-refractivity contribution in [2.24, 2.45) is 5.92 Å². The summed E-state index contributed by atoms with van der Waals surface area (Å²) in [6.45, 7) is 4.10. The fourth-order valence-corrected chi connectivity index (χ4v) is 2.42. The first-order valence-electron chi connectivity index (χ1n) is 5.62. The van der Waals surface area contributed by atoms with Crippen molar-refractivity contribution in [2.75, 3.05) is 5.75 Å². The van der Waals surface area contributed by atoms with Crippen LogP contribution in [0.2, 0.25) is 0 Å². The zero-order valence-corrected chi connectivity index (χ0v) is 10.5. The normalized spacial score (nSPS) is 24.7. The van der Waals surface area contributed by atoms with E-state index >= 15 is 0 Å². The van der Waals surface area contributed by atoms with Gasteiger partial charge in [-0.3, -0.25) is 9.59 Å². The predicted octanol–water partition coefficient (Wildman–Crippen LogP) is 1.50. The first kappa shape index (κ1) is 13.4. The number of carbonyl (C=O) groups excluding carboxylic acids is 1. The van der Waals surface area contributed by atoms with Crippen molar-refractivity contribution >= 4 is 23.6 Å². The van der Waals surface area contributed by atoms with Gasteiger partial charge in [0.2, 0.25) is 5.91 Å². The van der Waals surface area contributed by atoms with Crippen molar-refractivity contribution in [3.8, 4) is 0 Å². The molecular formula is C11H19NO3S. The van der Waals surface area contributed by atoms with Crippen LogP contribution in [-0.2, 0) is 9.59 Å². The van der Waals surface area contributed by atoms with E-state index in [4.69, 9.17) is 5.11 Å². The molecule has 1 saturated carbocycles. The second-order valence-corrected chi connectivity index (χ2v) is 6.04. The van der Waals surface area contributed by atoms with Crippen LogP contribution in [-0.4, -0.2) is 34.0 Å². The van der Waals surface area contributed by atoms with Gasteiger partial charge in [-0.25, -0.2) is 0 Å². The summed E-state index contributed by atoms with van der Waals surface area (Å²) in [5.41, 5.74) is 0. The minimum atomic E-state index is -0.742. The molecule has 0 saturated heterocycles. The Morgan fingerprint density at radius 1 is 1.44 bits per heavy atom. The van der Waals surface area contributed by atoms with Crippen molar-refractivity contribution in [1.29, 1.82) is 0 Å². The number of thioether (sulfide) groups is 1. The van der Waals surface area contributed by atoms with Gasteiger partial charge in [0.05, 0.1) is 11.7 Å². The minimum absolute atomic E-state index is 0.0229. The second-order valence-electron chi connectivity index (χ2n) is 4.47. The topological polar surface area (TPSA) is 66.4 Å². The summed E-state index contributed by atoms with van der Waals surface area (Å²) < 4.78 is 0. The van der Waals surface area contributed by atoms with Gasteiger partial charge in [-0.2, -0.15) is 0 Å². The number of carboxylic acid groups (broad SMARTS) is 1. The number of nitrogens with one attached hydrogen (secondary N) is 1. The summed E-state index contributed by atoms with van der Waals surface area (Å²) in [6, 6.07) is 0.0568. The Hall–Kier alpha value is -0.710. The molecule has 1 fully saturated rings. The molecule has 1 aliphatic carbocycles. The molecule has 1 aliphatic rings. The van der Waals surface area contributed by atoms with Gasteiger partial charge in [0.25, 0.3) is 0 Å². The molecule has 1 rings (SSSR count). The standard InChI is InChI=1S/C11H19NO3S/c1-7(2)16-6-10(13)12-9-4-3-8(5-9)11(14)15/h7-9H,3-6H2,1-2H3,(H,12,13)(H,14,15). The molecular weight excluding hydrogens is 226 g/mol. The fraction of sp³-hybridized carbons (Fsp3) is 0.818. The number of rotatable bonds is 5. The van der Waals surface area contributed by atoms with Crippen LogP contribution in [0.5, 0.6) is 0 Å². The SMILES string of the molecule is CC(C)SCC(=O)NC1CCC(C(=O)O)C1. The molecule has 2 N–H and O–H groups in total. The van der Waals surface area contributed by atoms with Crippen LogP contribution in [0, 0.1) is 5.92 Å². The number of amides is 1. The maximum absolute atomic E-state index is 11.5. The maximum Gasteiger partial charge on any atom is 0.306 e. The van der Waals surface area contributed by atoms with Gasteiger partial charge < -0.3 is 10.4 Å². The maximum atomic E-state index is 11.5. The molecule has 16 heavy (non-hydrogen) atoms. The zero-order chi connectivity index (χ0) is 12.1. The summed E-state index contributed by atoms with van der Waals surface area (Å²) >= 11 is 1.60. The van der Waals surface area contributed by atoms with Gasteiger partial charge >= 0.3 is 5.97 Å². The van der Waals surface area contributed by atoms with E-state index in [2.05, 4.69) is 5.32 Å². The van der Waals surface area contributed by atoms with Crippen LogP contribution < -0.4 is 5.32 Å². The number of aliphatic carboxylic acids is 1. The zero-order valence-electron chi connectivity index (χ0n) is 9.73. The quantitative estimate of drug-likeness (QED) is 0.770. The molecule has 0 aliphatic heterocycles. The smallest absolute Gasteiger partial charge is 0.306 e. The molecule has 0 aromatic carbocycles. The molecule has 0 bridgehead atoms. The lowest BCUT2D eigenvalue weighted by Crippen LogP contribution is -2.34. The van der Waals surface area contributed by atoms with Crippen LogP contribution in [0.1, 0.15) is 33.1 Å². The molecule has 0 heterocycles. The number of hydrogen-bond donors (Lipinski definition) is 2. The van der Waals surface area contributed by atoms with Gasteiger partial charge in [0, 0.05) is 6.04 Å². The Morgan fingerprint density at radius 2 is 2.12 bits per heavy atom. The fourth-order valence-electron chi connectivity index (χ4n) is 1.85. The van der Waals surface area contributed by atoms with Gasteiger partial charge in [-0.15, -0.1) is 11.8 Å². The average molecular weight is 245 g/mol. The third kappa shape index (κ3) is 4.43. The summed E-state index contributed by atoms with van der Waals surface area (Å²) in [4.78, 5) is 22.2. The van der Waals surface area contributed by atoms with Gasteiger partial charge in [-0.1, -0.05) is 13.8 Å². The summed E-state index contributed by atoms with van der Waals surface area (Å²) in [6.07, 6.45) is 2.04. The van der Waals surface area contributed by atoms with E-state index in [1.807, 2.05) is 13.8 Å². The minimum Gasteiger partial charge on any atom is -0.481 e. The Morgan fingerprint density at radius 3 is 2.62 bits per heavy atom. The van der Waals surface area contributed by atoms with E-state index < -0.39 is 5.97 Å². The third-order valence-corrected chi connectivity index (χ3v) is 3.79. The highest BCUT2D eigenvalue weighted by Gasteiger charge is 2.30. The molecule has 4 nitrogen and oxygen atoms in total. The highest BCUT2D eigenvalue weighted by molar-refractivity contribution is 8.00. The molecule has 2 unspecified atom stereocenters. The summed E-state index contributed by atoms with van der Waals surface area (Å²) in [7, 11) is 0. The third-order valence-electron chi connectivity index (χ3n) is 2.69. The lowest BCUT2D eigenvalue weighted by atomic mass is 10.1. The van der Waals surface area contributed by atoms with Crippen LogP contribution in [0.4, 0.5) is 0 Å². The molecule has 2 atom stereocenters. The Bertz CT molecular complexity index is 268. The Kier molecular flexibility index (Phi) is 5.12. The Labute approximate surface area is 100 Å². The highest BCUT2D eigenvalue weighted by atomic mass is 32.2. The van der Waals surface area contributed by atoms with E-state index in [9.17, 15) is 9.59 Å². The predicted molar refractivity (Wildman–Crippen MR) is 64.5 cm³/mol. The van der Waals surface area contributed by atoms with E-state index in [0.29, 0.717) is 23.8 Å². The molecule has 0 spiro atoms. The second kappa shape index (κ2) is 6.13. The van der Waals surface area contributed by atoms with E-state index in [1.165, 1.54) is 0 Å². The first-order valence-corrected chi connectivity index (χ1v) is 6.67. The van der Waals surface area contributed by atoms with Crippen LogP contribution in [0.25, 0.3) is 0 Å². The van der Waals surface area contributed by atoms with Crippen molar-refractivity contribution in [1.82, 2.24) is 5.32 Å².